The van der Waals surface area contributed by atoms with Crippen LogP contribution in [0.3, 0.4) is 0 Å². The van der Waals surface area contributed by atoms with Crippen LogP contribution in [0.4, 0.5) is 5.69 Å². The summed E-state index contributed by atoms with van der Waals surface area (Å²) in [5, 5.41) is 0. The summed E-state index contributed by atoms with van der Waals surface area (Å²) in [6, 6.07) is 35.1. The molecule has 4 aromatic rings. The number of amides is 1. The Morgan fingerprint density at radius 3 is 1.67 bits per heavy atom. The molecule has 1 aliphatic heterocycles. The van der Waals surface area contributed by atoms with Crippen molar-refractivity contribution in [3.05, 3.63) is 137 Å². The lowest BCUT2D eigenvalue weighted by Crippen LogP contribution is -2.46. The molecule has 0 fully saturated rings. The smallest absolute Gasteiger partial charge is 0.260 e. The molecule has 4 aromatic carbocycles. The van der Waals surface area contributed by atoms with Gasteiger partial charge in [-0.25, -0.2) is 0 Å². The monoisotopic (exact) mass is 389 g/mol. The normalized spacial score (nSPS) is 14.6. The Hall–Kier alpha value is -3.65. The average Bonchev–Trinajstić information content (AvgIpc) is 3.05. The predicted molar refractivity (Wildman–Crippen MR) is 122 cm³/mol. The van der Waals surface area contributed by atoms with E-state index in [9.17, 15) is 4.79 Å². The lowest BCUT2D eigenvalue weighted by atomic mass is 9.76. The third kappa shape index (κ3) is 2.61. The highest BCUT2D eigenvalue weighted by atomic mass is 16.2. The lowest BCUT2D eigenvalue weighted by molar-refractivity contribution is 0.0986. The fourth-order valence-electron chi connectivity index (χ4n) is 4.59. The molecule has 0 unspecified atom stereocenters. The predicted octanol–water partition coefficient (Wildman–Crippen LogP) is 6.26. The van der Waals surface area contributed by atoms with E-state index in [4.69, 9.17) is 0 Å². The molecule has 0 bridgehead atoms. The second kappa shape index (κ2) is 7.00. The zero-order chi connectivity index (χ0) is 20.7. The van der Waals surface area contributed by atoms with Crippen LogP contribution in [0.2, 0.25) is 0 Å². The largest absolute Gasteiger partial charge is 0.290 e. The third-order valence-electron chi connectivity index (χ3n) is 6.04. The maximum absolute atomic E-state index is 13.8. The van der Waals surface area contributed by atoms with E-state index in [1.54, 1.807) is 0 Å². The van der Waals surface area contributed by atoms with Crippen LogP contribution >= 0.6 is 0 Å². The Morgan fingerprint density at radius 2 is 1.10 bits per heavy atom. The van der Waals surface area contributed by atoms with E-state index in [1.165, 1.54) is 11.1 Å². The van der Waals surface area contributed by atoms with Gasteiger partial charge in [-0.2, -0.15) is 0 Å². The minimum atomic E-state index is -0.726. The molecule has 1 aliphatic rings. The van der Waals surface area contributed by atoms with Crippen molar-refractivity contribution < 1.29 is 4.79 Å². The maximum atomic E-state index is 13.8. The molecule has 5 rings (SSSR count). The Kier molecular flexibility index (Phi) is 4.29. The number of fused-ring (bicyclic) bond motifs is 1. The van der Waals surface area contributed by atoms with Crippen LogP contribution < -0.4 is 4.90 Å². The first-order chi connectivity index (χ1) is 14.6. The van der Waals surface area contributed by atoms with Crippen LogP contribution in [0.5, 0.6) is 0 Å². The molecule has 0 aliphatic carbocycles. The Bertz CT molecular complexity index is 1160. The molecule has 0 saturated carbocycles. The number of anilines is 1. The SMILES string of the molecule is Cc1ccc(C2(c3ccc(C)cc3)c3ccccc3C(=O)N2c2ccccc2)cc1. The number of nitrogens with zero attached hydrogens (tertiary/aromatic N) is 1. The highest BCUT2D eigenvalue weighted by Gasteiger charge is 2.52. The van der Waals surface area contributed by atoms with Gasteiger partial charge in [-0.05, 0) is 48.7 Å². The summed E-state index contributed by atoms with van der Waals surface area (Å²) in [5.74, 6) is 0.0259. The van der Waals surface area contributed by atoms with Crippen molar-refractivity contribution in [3.8, 4) is 0 Å². The van der Waals surface area contributed by atoms with E-state index in [1.807, 2.05) is 53.4 Å². The number of rotatable bonds is 3. The molecule has 0 atom stereocenters. The summed E-state index contributed by atoms with van der Waals surface area (Å²) in [6.45, 7) is 4.18. The molecule has 0 aromatic heterocycles. The van der Waals surface area contributed by atoms with Crippen molar-refractivity contribution in [2.45, 2.75) is 19.4 Å². The Balaban J connectivity index is 1.91. The summed E-state index contributed by atoms with van der Waals surface area (Å²) < 4.78 is 0. The Labute approximate surface area is 177 Å². The molecule has 1 amide bonds. The van der Waals surface area contributed by atoms with Gasteiger partial charge in [0.1, 0.15) is 5.54 Å². The van der Waals surface area contributed by atoms with E-state index in [-0.39, 0.29) is 5.91 Å². The van der Waals surface area contributed by atoms with Crippen molar-refractivity contribution in [1.29, 1.82) is 0 Å². The van der Waals surface area contributed by atoms with Crippen LogP contribution in [0, 0.1) is 13.8 Å². The number of para-hydroxylation sites is 1. The van der Waals surface area contributed by atoms with E-state index in [2.05, 4.69) is 68.4 Å². The lowest BCUT2D eigenvalue weighted by Gasteiger charge is -2.40. The second-order valence-corrected chi connectivity index (χ2v) is 7.96. The van der Waals surface area contributed by atoms with Crippen LogP contribution in [0.1, 0.15) is 38.2 Å². The first-order valence-corrected chi connectivity index (χ1v) is 10.3. The minimum Gasteiger partial charge on any atom is -0.290 e. The van der Waals surface area contributed by atoms with Gasteiger partial charge in [0, 0.05) is 11.3 Å². The topological polar surface area (TPSA) is 20.3 Å². The third-order valence-corrected chi connectivity index (χ3v) is 6.04. The van der Waals surface area contributed by atoms with Gasteiger partial charge in [-0.3, -0.25) is 9.69 Å². The molecular formula is C28H23NO. The van der Waals surface area contributed by atoms with Crippen LogP contribution in [0.25, 0.3) is 0 Å². The van der Waals surface area contributed by atoms with Gasteiger partial charge in [-0.15, -0.1) is 0 Å². The number of carbonyl (C=O) groups excluding carboxylic acids is 1. The first-order valence-electron chi connectivity index (χ1n) is 10.3. The quantitative estimate of drug-likeness (QED) is 0.405. The van der Waals surface area contributed by atoms with E-state index < -0.39 is 5.54 Å². The van der Waals surface area contributed by atoms with Gasteiger partial charge < -0.3 is 0 Å². The number of carbonyl (C=O) groups is 1. The molecular weight excluding hydrogens is 366 g/mol. The highest BCUT2D eigenvalue weighted by Crippen LogP contribution is 2.50. The van der Waals surface area contributed by atoms with E-state index in [0.717, 1.165) is 27.9 Å². The number of aryl methyl sites for hydroxylation is 2. The number of hydrogen-bond donors (Lipinski definition) is 0. The van der Waals surface area contributed by atoms with Crippen molar-refractivity contribution >= 4 is 11.6 Å². The first kappa shape index (κ1) is 18.4. The van der Waals surface area contributed by atoms with Gasteiger partial charge in [0.25, 0.3) is 5.91 Å². The fourth-order valence-corrected chi connectivity index (χ4v) is 4.59. The maximum Gasteiger partial charge on any atom is 0.260 e. The Morgan fingerprint density at radius 1 is 0.600 bits per heavy atom. The molecule has 1 heterocycles. The standard InChI is InChI=1S/C28H23NO/c1-20-12-16-22(17-13-20)28(23-18-14-21(2)15-19-23)26-11-7-6-10-25(26)27(30)29(28)24-8-4-3-5-9-24/h3-19H,1-2H3. The number of benzene rings is 4. The number of hydrogen-bond acceptors (Lipinski definition) is 1. The van der Waals surface area contributed by atoms with Crippen molar-refractivity contribution in [1.82, 2.24) is 0 Å². The van der Waals surface area contributed by atoms with Crippen LogP contribution in [0.15, 0.2) is 103 Å². The molecule has 2 heteroatoms. The summed E-state index contributed by atoms with van der Waals surface area (Å²) in [5.41, 5.74) is 6.49. The summed E-state index contributed by atoms with van der Waals surface area (Å²) in [7, 11) is 0. The molecule has 0 N–H and O–H groups in total. The zero-order valence-corrected chi connectivity index (χ0v) is 17.2. The van der Waals surface area contributed by atoms with Crippen molar-refractivity contribution in [3.63, 3.8) is 0 Å². The van der Waals surface area contributed by atoms with Crippen LogP contribution in [-0.2, 0) is 5.54 Å². The molecule has 0 spiro atoms. The molecule has 146 valence electrons. The van der Waals surface area contributed by atoms with Gasteiger partial charge in [0.05, 0.1) is 0 Å². The second-order valence-electron chi connectivity index (χ2n) is 7.96. The van der Waals surface area contributed by atoms with Gasteiger partial charge in [-0.1, -0.05) is 96.1 Å². The van der Waals surface area contributed by atoms with Crippen LogP contribution in [-0.4, -0.2) is 5.91 Å². The average molecular weight is 389 g/mol. The molecule has 0 saturated heterocycles. The summed E-state index contributed by atoms with van der Waals surface area (Å²) in [4.78, 5) is 15.8. The van der Waals surface area contributed by atoms with Gasteiger partial charge >= 0.3 is 0 Å². The van der Waals surface area contributed by atoms with Crippen molar-refractivity contribution in [2.75, 3.05) is 4.90 Å². The molecule has 0 radical (unpaired) electrons. The molecule has 30 heavy (non-hydrogen) atoms. The fraction of sp³-hybridized carbons (Fsp3) is 0.107. The van der Waals surface area contributed by atoms with E-state index in [0.29, 0.717) is 0 Å². The summed E-state index contributed by atoms with van der Waals surface area (Å²) >= 11 is 0. The van der Waals surface area contributed by atoms with Crippen molar-refractivity contribution in [2.24, 2.45) is 0 Å². The van der Waals surface area contributed by atoms with E-state index >= 15 is 0 Å². The highest BCUT2D eigenvalue weighted by molar-refractivity contribution is 6.13. The molecule has 2 nitrogen and oxygen atoms in total. The minimum absolute atomic E-state index is 0.0259. The zero-order valence-electron chi connectivity index (χ0n) is 17.2. The van der Waals surface area contributed by atoms with Gasteiger partial charge in [0.15, 0.2) is 0 Å². The summed E-state index contributed by atoms with van der Waals surface area (Å²) in [6.07, 6.45) is 0. The van der Waals surface area contributed by atoms with Gasteiger partial charge in [0.2, 0.25) is 0 Å².